The summed E-state index contributed by atoms with van der Waals surface area (Å²) in [7, 11) is -3.41. The molecule has 0 aromatic carbocycles. The summed E-state index contributed by atoms with van der Waals surface area (Å²) in [6.07, 6.45) is 22.3. The summed E-state index contributed by atoms with van der Waals surface area (Å²) in [5.41, 5.74) is 0. The molecule has 6 heteroatoms. The minimum absolute atomic E-state index is 0.539. The van der Waals surface area contributed by atoms with Crippen molar-refractivity contribution in [3.63, 3.8) is 0 Å². The maximum atomic E-state index is 11.9. The van der Waals surface area contributed by atoms with Crippen molar-refractivity contribution in [2.45, 2.75) is 116 Å². The van der Waals surface area contributed by atoms with Crippen molar-refractivity contribution in [3.8, 4) is 0 Å². The average molecular weight is 423 g/mol. The first-order chi connectivity index (χ1) is 12.9. The maximum absolute atomic E-state index is 11.9. The molecular weight excluding hydrogens is 376 g/mol. The van der Waals surface area contributed by atoms with Gasteiger partial charge in [-0.2, -0.15) is 0 Å². The van der Waals surface area contributed by atoms with E-state index in [-0.39, 0.29) is 0 Å². The van der Waals surface area contributed by atoms with Crippen LogP contribution in [-0.2, 0) is 18.1 Å². The Balaban J connectivity index is 3.45. The predicted molar refractivity (Wildman–Crippen MR) is 119 cm³/mol. The number of rotatable bonds is 20. The Morgan fingerprint density at radius 3 is 1.15 bits per heavy atom. The zero-order valence-corrected chi connectivity index (χ0v) is 20.4. The first-order valence-corrected chi connectivity index (χ1v) is 15.9. The minimum atomic E-state index is -3.25. The van der Waals surface area contributed by atoms with Gasteiger partial charge in [-0.15, -0.1) is 0 Å². The molecule has 0 aromatic heterocycles. The third-order valence-corrected chi connectivity index (χ3v) is 13.9. The van der Waals surface area contributed by atoms with Crippen LogP contribution in [0.15, 0.2) is 0 Å². The lowest BCUT2D eigenvalue weighted by atomic mass is 10.0. The molecule has 0 spiro atoms. The number of hydrogen-bond donors (Lipinski definition) is 0. The van der Waals surface area contributed by atoms with Gasteiger partial charge in [0.15, 0.2) is 9.29 Å². The molecule has 0 aromatic rings. The molecule has 0 saturated heterocycles. The van der Waals surface area contributed by atoms with Gasteiger partial charge in [-0.05, 0) is 0 Å². The van der Waals surface area contributed by atoms with E-state index < -0.39 is 17.0 Å². The summed E-state index contributed by atoms with van der Waals surface area (Å²) in [4.78, 5) is 0. The predicted octanol–water partition coefficient (Wildman–Crippen LogP) is 6.52. The highest BCUT2D eigenvalue weighted by Gasteiger charge is 2.47. The number of hydrogen-bond acceptors (Lipinski definition) is 4. The van der Waals surface area contributed by atoms with Gasteiger partial charge in [-0.3, -0.25) is 0 Å². The molecule has 164 valence electrons. The zero-order valence-electron chi connectivity index (χ0n) is 18.6. The monoisotopic (exact) mass is 422 g/mol. The van der Waals surface area contributed by atoms with Gasteiger partial charge in [-0.25, -0.2) is 8.42 Å². The van der Waals surface area contributed by atoms with Crippen molar-refractivity contribution >= 4 is 17.0 Å². The van der Waals surface area contributed by atoms with E-state index in [0.29, 0.717) is 6.04 Å². The molecule has 0 saturated carbocycles. The second kappa shape index (κ2) is 17.0. The molecule has 0 bridgehead atoms. The summed E-state index contributed by atoms with van der Waals surface area (Å²) >= 11 is 0. The fourth-order valence-corrected chi connectivity index (χ4v) is 9.26. The first-order valence-electron chi connectivity index (χ1n) is 11.2. The van der Waals surface area contributed by atoms with E-state index in [2.05, 4.69) is 6.92 Å². The van der Waals surface area contributed by atoms with E-state index in [1.807, 2.05) is 0 Å². The Bertz CT molecular complexity index is 422. The zero-order chi connectivity index (χ0) is 20.4. The van der Waals surface area contributed by atoms with Crippen molar-refractivity contribution in [1.29, 1.82) is 0 Å². The van der Waals surface area contributed by atoms with Gasteiger partial charge in [0.25, 0.3) is 0 Å². The Kier molecular flexibility index (Phi) is 17.0. The van der Waals surface area contributed by atoms with Gasteiger partial charge in [0, 0.05) is 26.5 Å². The molecule has 27 heavy (non-hydrogen) atoms. The highest BCUT2D eigenvalue weighted by molar-refractivity contribution is 8.19. The van der Waals surface area contributed by atoms with Crippen LogP contribution in [0.1, 0.15) is 110 Å². The molecule has 0 aliphatic rings. The van der Waals surface area contributed by atoms with Crippen LogP contribution in [0.4, 0.5) is 0 Å². The molecule has 4 nitrogen and oxygen atoms in total. The van der Waals surface area contributed by atoms with Crippen molar-refractivity contribution in [3.05, 3.63) is 0 Å². The molecular formula is C21H46O4SSi. The van der Waals surface area contributed by atoms with Gasteiger partial charge >= 0.3 is 7.71 Å². The lowest BCUT2D eigenvalue weighted by molar-refractivity contribution is 0.262. The molecule has 0 aliphatic heterocycles. The molecule has 0 fully saturated rings. The molecule has 0 rings (SSSR count). The van der Waals surface area contributed by atoms with Crippen LogP contribution in [0, 0.1) is 0 Å². The highest BCUT2D eigenvalue weighted by Crippen LogP contribution is 2.22. The Hall–Kier alpha value is 0.0869. The molecule has 0 heterocycles. The topological polar surface area (TPSA) is 52.6 Å². The lowest BCUT2D eigenvalue weighted by Crippen LogP contribution is -2.48. The fraction of sp³-hybridized carbons (Fsp3) is 1.00. The van der Waals surface area contributed by atoms with Crippen LogP contribution in [0.2, 0.25) is 6.04 Å². The van der Waals surface area contributed by atoms with Crippen LogP contribution in [0.25, 0.3) is 0 Å². The van der Waals surface area contributed by atoms with Gasteiger partial charge in [0.05, 0.1) is 0 Å². The summed E-state index contributed by atoms with van der Waals surface area (Å²) in [6.45, 7) is 2.27. The van der Waals surface area contributed by atoms with E-state index in [4.69, 9.17) is 8.85 Å². The minimum Gasteiger partial charge on any atom is -0.387 e. The van der Waals surface area contributed by atoms with E-state index in [1.54, 1.807) is 0 Å². The standard InChI is InChI=1S/C21H46O4SSi/c1-5-6-7-8-9-10-11-12-13-14-15-16-17-18-19-20-21-27(24-2,25-3)26(4,22)23/h5-21H2,1-4H3. The molecule has 0 aliphatic carbocycles. The normalized spacial score (nSPS) is 12.6. The largest absolute Gasteiger partial charge is 0.471 e. The molecule has 0 radical (unpaired) electrons. The molecule has 0 atom stereocenters. The second-order valence-electron chi connectivity index (χ2n) is 7.92. The Labute approximate surface area is 170 Å². The van der Waals surface area contributed by atoms with Crippen LogP contribution in [-0.4, -0.2) is 36.6 Å². The summed E-state index contributed by atoms with van der Waals surface area (Å²) < 4.78 is 34.4. The van der Waals surface area contributed by atoms with Crippen molar-refractivity contribution in [2.75, 3.05) is 20.5 Å². The SMILES string of the molecule is CCCCCCCCCCCCCCCCCC[Si](OC)(OC)S(C)(=O)=O. The quantitative estimate of drug-likeness (QED) is 0.165. The van der Waals surface area contributed by atoms with Crippen molar-refractivity contribution in [2.24, 2.45) is 0 Å². The number of unbranched alkanes of at least 4 members (excludes halogenated alkanes) is 15. The maximum Gasteiger partial charge on any atom is 0.471 e. The summed E-state index contributed by atoms with van der Waals surface area (Å²) in [5.74, 6) is 0. The molecule has 0 N–H and O–H groups in total. The van der Waals surface area contributed by atoms with Crippen molar-refractivity contribution in [1.82, 2.24) is 0 Å². The van der Waals surface area contributed by atoms with Gasteiger partial charge in [0.1, 0.15) is 0 Å². The average Bonchev–Trinajstić information content (AvgIpc) is 2.63. The smallest absolute Gasteiger partial charge is 0.387 e. The van der Waals surface area contributed by atoms with E-state index in [9.17, 15) is 8.42 Å². The van der Waals surface area contributed by atoms with Crippen LogP contribution >= 0.6 is 0 Å². The first kappa shape index (κ1) is 27.1. The Morgan fingerprint density at radius 2 is 0.889 bits per heavy atom. The lowest BCUT2D eigenvalue weighted by Gasteiger charge is -2.24. The van der Waals surface area contributed by atoms with Crippen LogP contribution in [0.3, 0.4) is 0 Å². The third-order valence-electron chi connectivity index (χ3n) is 5.52. The Morgan fingerprint density at radius 1 is 0.593 bits per heavy atom. The summed E-state index contributed by atoms with van der Waals surface area (Å²) in [6, 6.07) is 0.539. The van der Waals surface area contributed by atoms with Crippen LogP contribution < -0.4 is 0 Å². The van der Waals surface area contributed by atoms with Gasteiger partial charge < -0.3 is 8.85 Å². The fourth-order valence-electron chi connectivity index (χ4n) is 3.67. The van der Waals surface area contributed by atoms with E-state index >= 15 is 0 Å². The van der Waals surface area contributed by atoms with Crippen molar-refractivity contribution < 1.29 is 17.3 Å². The second-order valence-corrected chi connectivity index (χ2v) is 16.2. The summed E-state index contributed by atoms with van der Waals surface area (Å²) in [5, 5.41) is 0. The van der Waals surface area contributed by atoms with Crippen LogP contribution in [0.5, 0.6) is 0 Å². The van der Waals surface area contributed by atoms with E-state index in [1.165, 1.54) is 110 Å². The van der Waals surface area contributed by atoms with Gasteiger partial charge in [0.2, 0.25) is 0 Å². The van der Waals surface area contributed by atoms with E-state index in [0.717, 1.165) is 12.8 Å². The highest BCUT2D eigenvalue weighted by atomic mass is 32.4. The molecule has 0 amide bonds. The van der Waals surface area contributed by atoms with Gasteiger partial charge in [-0.1, -0.05) is 110 Å². The third kappa shape index (κ3) is 13.0. The molecule has 0 unspecified atom stereocenters.